The quantitative estimate of drug-likeness (QED) is 0.927. The number of amides is 2. The van der Waals surface area contributed by atoms with Gasteiger partial charge in [0.15, 0.2) is 0 Å². The van der Waals surface area contributed by atoms with Gasteiger partial charge in [0.25, 0.3) is 0 Å². The van der Waals surface area contributed by atoms with Crippen LogP contribution < -0.4 is 5.32 Å². The third-order valence-electron chi connectivity index (χ3n) is 4.41. The first-order chi connectivity index (χ1) is 10.8. The molecule has 1 aromatic rings. The minimum Gasteiger partial charge on any atom is -0.348 e. The van der Waals surface area contributed by atoms with Gasteiger partial charge in [0.1, 0.15) is 0 Å². The van der Waals surface area contributed by atoms with E-state index in [1.807, 2.05) is 6.92 Å². The van der Waals surface area contributed by atoms with Crippen molar-refractivity contribution < 1.29 is 9.59 Å². The van der Waals surface area contributed by atoms with Crippen LogP contribution in [0.2, 0.25) is 0 Å². The lowest BCUT2D eigenvalue weighted by Gasteiger charge is -2.27. The van der Waals surface area contributed by atoms with Gasteiger partial charge in [0.05, 0.1) is 12.6 Å². The summed E-state index contributed by atoms with van der Waals surface area (Å²) in [4.78, 5) is 25.6. The average Bonchev–Trinajstić information content (AvgIpc) is 2.49. The molecule has 2 rings (SSSR count). The molecular formula is C19H28N2O2. The second-order valence-electron chi connectivity index (χ2n) is 7.43. The third-order valence-corrected chi connectivity index (χ3v) is 4.41. The molecule has 0 radical (unpaired) electrons. The Labute approximate surface area is 139 Å². The van der Waals surface area contributed by atoms with Crippen LogP contribution in [0.25, 0.3) is 0 Å². The number of carbonyl (C=O) groups is 2. The Morgan fingerprint density at radius 2 is 1.87 bits per heavy atom. The van der Waals surface area contributed by atoms with Crippen LogP contribution in [0.1, 0.15) is 64.1 Å². The SMILES string of the molecule is CC(NC(=O)CN1CCCCC1=O)c1ccc(C(C)(C)C)cc1. The molecule has 1 aliphatic heterocycles. The molecule has 2 amide bonds. The smallest absolute Gasteiger partial charge is 0.240 e. The van der Waals surface area contributed by atoms with Crippen LogP contribution in [0.4, 0.5) is 0 Å². The van der Waals surface area contributed by atoms with Crippen molar-refractivity contribution in [2.24, 2.45) is 0 Å². The van der Waals surface area contributed by atoms with Crippen molar-refractivity contribution in [3.63, 3.8) is 0 Å². The van der Waals surface area contributed by atoms with E-state index in [9.17, 15) is 9.59 Å². The number of rotatable bonds is 4. The van der Waals surface area contributed by atoms with Crippen molar-refractivity contribution in [1.82, 2.24) is 10.2 Å². The normalized spacial score (nSPS) is 17.0. The molecule has 1 atom stereocenters. The van der Waals surface area contributed by atoms with E-state index in [4.69, 9.17) is 0 Å². The van der Waals surface area contributed by atoms with Crippen LogP contribution in [-0.2, 0) is 15.0 Å². The highest BCUT2D eigenvalue weighted by Gasteiger charge is 2.21. The molecule has 0 aliphatic carbocycles. The average molecular weight is 316 g/mol. The molecule has 1 aliphatic rings. The lowest BCUT2D eigenvalue weighted by atomic mass is 9.86. The molecule has 1 unspecified atom stereocenters. The molecule has 4 nitrogen and oxygen atoms in total. The summed E-state index contributed by atoms with van der Waals surface area (Å²) in [5.74, 6) is 0.00114. The molecule has 126 valence electrons. The first-order valence-corrected chi connectivity index (χ1v) is 8.45. The summed E-state index contributed by atoms with van der Waals surface area (Å²) in [5, 5.41) is 2.99. The van der Waals surface area contributed by atoms with Gasteiger partial charge in [-0.3, -0.25) is 9.59 Å². The number of carbonyl (C=O) groups excluding carboxylic acids is 2. The fourth-order valence-corrected chi connectivity index (χ4v) is 2.84. The monoisotopic (exact) mass is 316 g/mol. The molecule has 0 bridgehead atoms. The number of benzene rings is 1. The Kier molecular flexibility index (Phi) is 5.45. The van der Waals surface area contributed by atoms with Crippen molar-refractivity contribution in [2.75, 3.05) is 13.1 Å². The Morgan fingerprint density at radius 1 is 1.22 bits per heavy atom. The van der Waals surface area contributed by atoms with Crippen LogP contribution in [-0.4, -0.2) is 29.8 Å². The van der Waals surface area contributed by atoms with E-state index in [1.165, 1.54) is 5.56 Å². The third kappa shape index (κ3) is 4.81. The topological polar surface area (TPSA) is 49.4 Å². The van der Waals surface area contributed by atoms with E-state index in [0.29, 0.717) is 13.0 Å². The summed E-state index contributed by atoms with van der Waals surface area (Å²) in [5.41, 5.74) is 2.48. The highest BCUT2D eigenvalue weighted by atomic mass is 16.2. The number of nitrogens with one attached hydrogen (secondary N) is 1. The summed E-state index contributed by atoms with van der Waals surface area (Å²) in [6, 6.07) is 8.31. The van der Waals surface area contributed by atoms with Crippen LogP contribution in [0.15, 0.2) is 24.3 Å². The number of piperidine rings is 1. The summed E-state index contributed by atoms with van der Waals surface area (Å²) < 4.78 is 0. The zero-order chi connectivity index (χ0) is 17.0. The van der Waals surface area contributed by atoms with E-state index in [2.05, 4.69) is 50.4 Å². The first-order valence-electron chi connectivity index (χ1n) is 8.45. The highest BCUT2D eigenvalue weighted by Crippen LogP contribution is 2.23. The van der Waals surface area contributed by atoms with Gasteiger partial charge in [0, 0.05) is 13.0 Å². The van der Waals surface area contributed by atoms with Crippen LogP contribution in [0.5, 0.6) is 0 Å². The van der Waals surface area contributed by atoms with Crippen molar-refractivity contribution in [2.45, 2.75) is 58.4 Å². The van der Waals surface area contributed by atoms with Gasteiger partial charge >= 0.3 is 0 Å². The van der Waals surface area contributed by atoms with Gasteiger partial charge in [-0.1, -0.05) is 45.0 Å². The molecule has 0 aromatic heterocycles. The minimum atomic E-state index is -0.0901. The van der Waals surface area contributed by atoms with Crippen molar-refractivity contribution in [3.8, 4) is 0 Å². The Bertz CT molecular complexity index is 558. The van der Waals surface area contributed by atoms with Gasteiger partial charge in [-0.2, -0.15) is 0 Å². The Morgan fingerprint density at radius 3 is 2.43 bits per heavy atom. The number of nitrogens with zero attached hydrogens (tertiary/aromatic N) is 1. The summed E-state index contributed by atoms with van der Waals surface area (Å²) in [7, 11) is 0. The molecule has 23 heavy (non-hydrogen) atoms. The van der Waals surface area contributed by atoms with E-state index in [1.54, 1.807) is 4.90 Å². The molecule has 1 aromatic carbocycles. The zero-order valence-electron chi connectivity index (χ0n) is 14.7. The maximum atomic E-state index is 12.2. The van der Waals surface area contributed by atoms with Crippen molar-refractivity contribution in [3.05, 3.63) is 35.4 Å². The lowest BCUT2D eigenvalue weighted by molar-refractivity contribution is -0.138. The number of hydrogen-bond acceptors (Lipinski definition) is 2. The first kappa shape index (κ1) is 17.5. The number of hydrogen-bond donors (Lipinski definition) is 1. The zero-order valence-corrected chi connectivity index (χ0v) is 14.7. The molecular weight excluding hydrogens is 288 g/mol. The standard InChI is InChI=1S/C19H28N2O2/c1-14(15-8-10-16(11-9-15)19(2,3)4)20-17(22)13-21-12-6-5-7-18(21)23/h8-11,14H,5-7,12-13H2,1-4H3,(H,20,22). The fourth-order valence-electron chi connectivity index (χ4n) is 2.84. The molecule has 1 heterocycles. The van der Waals surface area contributed by atoms with Gasteiger partial charge in [0.2, 0.25) is 11.8 Å². The maximum Gasteiger partial charge on any atom is 0.240 e. The Balaban J connectivity index is 1.91. The van der Waals surface area contributed by atoms with Gasteiger partial charge in [-0.05, 0) is 36.3 Å². The Hall–Kier alpha value is -1.84. The van der Waals surface area contributed by atoms with Crippen LogP contribution >= 0.6 is 0 Å². The summed E-state index contributed by atoms with van der Waals surface area (Å²) >= 11 is 0. The van der Waals surface area contributed by atoms with Gasteiger partial charge < -0.3 is 10.2 Å². The molecule has 1 saturated heterocycles. The molecule has 4 heteroatoms. The molecule has 0 spiro atoms. The predicted molar refractivity (Wildman–Crippen MR) is 92.1 cm³/mol. The van der Waals surface area contributed by atoms with E-state index in [-0.39, 0.29) is 29.8 Å². The second-order valence-corrected chi connectivity index (χ2v) is 7.43. The van der Waals surface area contributed by atoms with Gasteiger partial charge in [-0.15, -0.1) is 0 Å². The summed E-state index contributed by atoms with van der Waals surface area (Å²) in [6.45, 7) is 9.39. The van der Waals surface area contributed by atoms with Crippen LogP contribution in [0, 0.1) is 0 Å². The molecule has 0 saturated carbocycles. The lowest BCUT2D eigenvalue weighted by Crippen LogP contribution is -2.43. The van der Waals surface area contributed by atoms with Crippen molar-refractivity contribution in [1.29, 1.82) is 0 Å². The van der Waals surface area contributed by atoms with E-state index >= 15 is 0 Å². The minimum absolute atomic E-state index is 0.0589. The highest BCUT2D eigenvalue weighted by molar-refractivity contribution is 5.85. The second kappa shape index (κ2) is 7.16. The predicted octanol–water partition coefficient (Wildman–Crippen LogP) is 3.17. The summed E-state index contributed by atoms with van der Waals surface area (Å²) in [6.07, 6.45) is 2.49. The molecule has 1 N–H and O–H groups in total. The van der Waals surface area contributed by atoms with E-state index in [0.717, 1.165) is 18.4 Å². The molecule has 1 fully saturated rings. The van der Waals surface area contributed by atoms with E-state index < -0.39 is 0 Å². The fraction of sp³-hybridized carbons (Fsp3) is 0.579. The number of likely N-dealkylation sites (tertiary alicyclic amines) is 1. The largest absolute Gasteiger partial charge is 0.348 e. The maximum absolute atomic E-state index is 12.2. The van der Waals surface area contributed by atoms with Gasteiger partial charge in [-0.25, -0.2) is 0 Å². The van der Waals surface area contributed by atoms with Crippen molar-refractivity contribution >= 4 is 11.8 Å². The van der Waals surface area contributed by atoms with Crippen LogP contribution in [0.3, 0.4) is 0 Å².